The molecule has 1 fully saturated rings. The van der Waals surface area contributed by atoms with Gasteiger partial charge in [0.1, 0.15) is 0 Å². The molecule has 1 aromatic carbocycles. The molecule has 2 heteroatoms. The third-order valence-electron chi connectivity index (χ3n) is 3.09. The van der Waals surface area contributed by atoms with Gasteiger partial charge >= 0.3 is 0 Å². The minimum atomic E-state index is 0.00398. The Bertz CT molecular complexity index is 328. The molecule has 0 aromatic heterocycles. The molecular weight excluding hydrogens is 186 g/mol. The Kier molecular flexibility index (Phi) is 3.05. The number of hydrogen-bond donors (Lipinski definition) is 0. The van der Waals surface area contributed by atoms with E-state index in [2.05, 4.69) is 0 Å². The average Bonchev–Trinajstić information content (AvgIpc) is 2.82. The van der Waals surface area contributed by atoms with E-state index in [0.717, 1.165) is 31.5 Å². The van der Waals surface area contributed by atoms with Crippen LogP contribution in [0.15, 0.2) is 30.3 Å². The maximum absolute atomic E-state index is 12.1. The lowest BCUT2D eigenvalue weighted by atomic mass is 10.00. The lowest BCUT2D eigenvalue weighted by Crippen LogP contribution is -2.31. The molecule has 1 aliphatic rings. The van der Waals surface area contributed by atoms with Crippen molar-refractivity contribution in [2.24, 2.45) is 0 Å². The predicted molar refractivity (Wildman–Crippen MR) is 60.7 cm³/mol. The highest BCUT2D eigenvalue weighted by Crippen LogP contribution is 2.20. The lowest BCUT2D eigenvalue weighted by molar-refractivity contribution is -0.131. The van der Waals surface area contributed by atoms with Gasteiger partial charge in [0.15, 0.2) is 0 Å². The quantitative estimate of drug-likeness (QED) is 0.722. The highest BCUT2D eigenvalue weighted by Gasteiger charge is 2.23. The molecule has 2 nitrogen and oxygen atoms in total. The van der Waals surface area contributed by atoms with Crippen LogP contribution in [0.5, 0.6) is 0 Å². The highest BCUT2D eigenvalue weighted by molar-refractivity contribution is 5.83. The average molecular weight is 203 g/mol. The molecule has 0 saturated carbocycles. The van der Waals surface area contributed by atoms with E-state index in [1.165, 1.54) is 0 Å². The van der Waals surface area contributed by atoms with Gasteiger partial charge in [0.25, 0.3) is 0 Å². The minimum Gasteiger partial charge on any atom is -0.342 e. The monoisotopic (exact) mass is 203 g/mol. The van der Waals surface area contributed by atoms with Gasteiger partial charge in [-0.25, -0.2) is 0 Å². The molecule has 1 atom stereocenters. The van der Waals surface area contributed by atoms with Crippen molar-refractivity contribution in [3.05, 3.63) is 35.9 Å². The Labute approximate surface area is 90.9 Å². The molecule has 1 amide bonds. The number of hydrogen-bond acceptors (Lipinski definition) is 1. The van der Waals surface area contributed by atoms with E-state index in [4.69, 9.17) is 0 Å². The third-order valence-corrected chi connectivity index (χ3v) is 3.09. The van der Waals surface area contributed by atoms with E-state index in [0.29, 0.717) is 0 Å². The van der Waals surface area contributed by atoms with Gasteiger partial charge in [-0.2, -0.15) is 0 Å². The molecule has 0 N–H and O–H groups in total. The summed E-state index contributed by atoms with van der Waals surface area (Å²) in [5.41, 5.74) is 1.12. The maximum Gasteiger partial charge on any atom is 0.229 e. The zero-order valence-electron chi connectivity index (χ0n) is 9.15. The first-order valence-electron chi connectivity index (χ1n) is 5.63. The summed E-state index contributed by atoms with van der Waals surface area (Å²) in [6.45, 7) is 3.88. The molecule has 1 saturated heterocycles. The zero-order chi connectivity index (χ0) is 10.7. The van der Waals surface area contributed by atoms with Crippen molar-refractivity contribution in [3.8, 4) is 0 Å². The van der Waals surface area contributed by atoms with Crippen LogP contribution in [0.3, 0.4) is 0 Å². The molecule has 80 valence electrons. The van der Waals surface area contributed by atoms with Crippen LogP contribution in [0, 0.1) is 0 Å². The summed E-state index contributed by atoms with van der Waals surface area (Å²) in [4.78, 5) is 14.1. The van der Waals surface area contributed by atoms with Crippen LogP contribution in [0.25, 0.3) is 0 Å². The Morgan fingerprint density at radius 3 is 2.40 bits per heavy atom. The summed E-state index contributed by atoms with van der Waals surface area (Å²) >= 11 is 0. The van der Waals surface area contributed by atoms with Gasteiger partial charge in [0.05, 0.1) is 5.92 Å². The minimum absolute atomic E-state index is 0.00398. The highest BCUT2D eigenvalue weighted by atomic mass is 16.2. The van der Waals surface area contributed by atoms with Gasteiger partial charge in [-0.1, -0.05) is 30.3 Å². The second-order valence-electron chi connectivity index (χ2n) is 4.16. The fourth-order valence-corrected chi connectivity index (χ4v) is 2.10. The second-order valence-corrected chi connectivity index (χ2v) is 4.16. The standard InChI is InChI=1S/C13H17NO/c1-11(12-7-3-2-4-8-12)13(15)14-9-5-6-10-14/h2-4,7-8,11H,5-6,9-10H2,1H3/t11-/m0/s1. The third kappa shape index (κ3) is 2.20. The molecule has 1 aromatic rings. The van der Waals surface area contributed by atoms with E-state index in [9.17, 15) is 4.79 Å². The van der Waals surface area contributed by atoms with Crippen molar-refractivity contribution in [2.45, 2.75) is 25.7 Å². The smallest absolute Gasteiger partial charge is 0.229 e. The summed E-state index contributed by atoms with van der Waals surface area (Å²) < 4.78 is 0. The first kappa shape index (κ1) is 10.2. The van der Waals surface area contributed by atoms with Gasteiger partial charge in [-0.3, -0.25) is 4.79 Å². The summed E-state index contributed by atoms with van der Waals surface area (Å²) in [5.74, 6) is 0.281. The Morgan fingerprint density at radius 1 is 1.20 bits per heavy atom. The molecule has 2 rings (SSSR count). The van der Waals surface area contributed by atoms with Crippen LogP contribution < -0.4 is 0 Å². The van der Waals surface area contributed by atoms with Crippen molar-refractivity contribution >= 4 is 5.91 Å². The predicted octanol–water partition coefficient (Wildman–Crippen LogP) is 2.41. The van der Waals surface area contributed by atoms with Crippen LogP contribution in [-0.2, 0) is 4.79 Å². The second kappa shape index (κ2) is 4.47. The number of likely N-dealkylation sites (tertiary alicyclic amines) is 1. The van der Waals surface area contributed by atoms with Gasteiger partial charge in [-0.05, 0) is 25.3 Å². The van der Waals surface area contributed by atoms with E-state index < -0.39 is 0 Å². The van der Waals surface area contributed by atoms with Gasteiger partial charge < -0.3 is 4.90 Å². The summed E-state index contributed by atoms with van der Waals surface area (Å²) in [5, 5.41) is 0. The molecule has 0 radical (unpaired) electrons. The van der Waals surface area contributed by atoms with Crippen molar-refractivity contribution < 1.29 is 4.79 Å². The molecule has 0 unspecified atom stereocenters. The van der Waals surface area contributed by atoms with Gasteiger partial charge in [-0.15, -0.1) is 0 Å². The van der Waals surface area contributed by atoms with E-state index in [-0.39, 0.29) is 11.8 Å². The molecule has 0 bridgehead atoms. The number of nitrogens with zero attached hydrogens (tertiary/aromatic N) is 1. The number of rotatable bonds is 2. The van der Waals surface area contributed by atoms with Crippen molar-refractivity contribution in [2.75, 3.05) is 13.1 Å². The van der Waals surface area contributed by atoms with Crippen molar-refractivity contribution in [1.82, 2.24) is 4.90 Å². The molecule has 1 heterocycles. The number of benzene rings is 1. The van der Waals surface area contributed by atoms with Crippen LogP contribution >= 0.6 is 0 Å². The topological polar surface area (TPSA) is 20.3 Å². The number of amides is 1. The first-order valence-corrected chi connectivity index (χ1v) is 5.63. The van der Waals surface area contributed by atoms with Gasteiger partial charge in [0, 0.05) is 13.1 Å². The number of carbonyl (C=O) groups excluding carboxylic acids is 1. The molecule has 1 aliphatic heterocycles. The summed E-state index contributed by atoms with van der Waals surface area (Å²) in [6.07, 6.45) is 2.32. The van der Waals surface area contributed by atoms with Crippen LogP contribution in [0.2, 0.25) is 0 Å². The molecular formula is C13H17NO. The number of carbonyl (C=O) groups is 1. The SMILES string of the molecule is C[C@H](C(=O)N1CCCC1)c1ccccc1. The van der Waals surface area contributed by atoms with Crippen LogP contribution in [0.1, 0.15) is 31.2 Å². The largest absolute Gasteiger partial charge is 0.342 e. The van der Waals surface area contributed by atoms with Crippen molar-refractivity contribution in [1.29, 1.82) is 0 Å². The molecule has 15 heavy (non-hydrogen) atoms. The van der Waals surface area contributed by atoms with E-state index >= 15 is 0 Å². The maximum atomic E-state index is 12.1. The molecule has 0 aliphatic carbocycles. The van der Waals surface area contributed by atoms with Crippen molar-refractivity contribution in [3.63, 3.8) is 0 Å². The zero-order valence-corrected chi connectivity index (χ0v) is 9.15. The summed E-state index contributed by atoms with van der Waals surface area (Å²) in [7, 11) is 0. The Morgan fingerprint density at radius 2 is 1.80 bits per heavy atom. The van der Waals surface area contributed by atoms with E-state index in [1.807, 2.05) is 42.2 Å². The summed E-state index contributed by atoms with van der Waals surface area (Å²) in [6, 6.07) is 10.0. The lowest BCUT2D eigenvalue weighted by Gasteiger charge is -2.20. The first-order chi connectivity index (χ1) is 7.29. The van der Waals surface area contributed by atoms with Crippen LogP contribution in [0.4, 0.5) is 0 Å². The fraction of sp³-hybridized carbons (Fsp3) is 0.462. The normalized spacial score (nSPS) is 17.8. The fourth-order valence-electron chi connectivity index (χ4n) is 2.10. The Balaban J connectivity index is 2.07. The van der Waals surface area contributed by atoms with Gasteiger partial charge in [0.2, 0.25) is 5.91 Å². The van der Waals surface area contributed by atoms with E-state index in [1.54, 1.807) is 0 Å². The molecule has 0 spiro atoms. The Hall–Kier alpha value is -1.31. The van der Waals surface area contributed by atoms with Crippen LogP contribution in [-0.4, -0.2) is 23.9 Å².